The van der Waals surface area contributed by atoms with E-state index in [1.165, 1.54) is 40.6 Å². The van der Waals surface area contributed by atoms with E-state index in [9.17, 15) is 27.2 Å². The van der Waals surface area contributed by atoms with Gasteiger partial charge in [0, 0.05) is 45.9 Å². The molecule has 342 valence electrons. The van der Waals surface area contributed by atoms with Gasteiger partial charge in [0.15, 0.2) is 11.4 Å². The van der Waals surface area contributed by atoms with E-state index in [1.807, 2.05) is 4.90 Å². The Morgan fingerprint density at radius 2 is 1.07 bits per heavy atom. The van der Waals surface area contributed by atoms with Crippen molar-refractivity contribution in [2.45, 2.75) is 51.9 Å². The van der Waals surface area contributed by atoms with Crippen LogP contribution < -0.4 is 0 Å². The molecule has 2 saturated heterocycles. The fraction of sp³-hybridized carbons (Fsp3) is 0.277. The summed E-state index contributed by atoms with van der Waals surface area (Å²) in [5.74, 6) is -1.68. The van der Waals surface area contributed by atoms with Gasteiger partial charge in [-0.3, -0.25) is 9.59 Å². The third kappa shape index (κ3) is 9.32. The summed E-state index contributed by atoms with van der Waals surface area (Å²) in [5, 5.41) is 24.7. The lowest BCUT2D eigenvalue weighted by Crippen LogP contribution is -2.39. The smallest absolute Gasteiger partial charge is 0.280 e. The zero-order chi connectivity index (χ0) is 46.6. The van der Waals surface area contributed by atoms with Crippen molar-refractivity contribution in [3.05, 3.63) is 132 Å². The van der Waals surface area contributed by atoms with Crippen molar-refractivity contribution in [3.63, 3.8) is 0 Å². The summed E-state index contributed by atoms with van der Waals surface area (Å²) in [4.78, 5) is 36.2. The van der Waals surface area contributed by atoms with Gasteiger partial charge in [-0.2, -0.15) is 9.97 Å². The van der Waals surface area contributed by atoms with Crippen LogP contribution in [-0.4, -0.2) is 98.1 Å². The number of carbonyl (C=O) groups is 2. The van der Waals surface area contributed by atoms with E-state index < -0.39 is 23.3 Å². The molecular weight excluding hydrogens is 873 g/mol. The van der Waals surface area contributed by atoms with Crippen LogP contribution in [0.15, 0.2) is 106 Å². The molecule has 0 bridgehead atoms. The fourth-order valence-electron chi connectivity index (χ4n) is 8.50. The highest BCUT2D eigenvalue weighted by atomic mass is 19.1. The third-order valence-corrected chi connectivity index (χ3v) is 11.8. The zero-order valence-corrected chi connectivity index (χ0v) is 36.3. The van der Waals surface area contributed by atoms with Gasteiger partial charge in [-0.05, 0) is 86.6 Å². The van der Waals surface area contributed by atoms with Crippen LogP contribution in [0.25, 0.3) is 57.3 Å². The summed E-state index contributed by atoms with van der Waals surface area (Å²) in [7, 11) is 0. The quantitative estimate of drug-likeness (QED) is 0.127. The first kappa shape index (κ1) is 44.3. The van der Waals surface area contributed by atoms with Crippen LogP contribution in [0.2, 0.25) is 0 Å². The second-order valence-corrected chi connectivity index (χ2v) is 16.2. The van der Waals surface area contributed by atoms with Crippen LogP contribution in [0, 0.1) is 29.2 Å². The van der Waals surface area contributed by atoms with Crippen molar-refractivity contribution >= 4 is 11.8 Å². The Morgan fingerprint density at radius 1 is 0.597 bits per heavy atom. The molecule has 16 nitrogen and oxygen atoms in total. The van der Waals surface area contributed by atoms with Crippen molar-refractivity contribution in [2.75, 3.05) is 26.2 Å². The van der Waals surface area contributed by atoms with Crippen molar-refractivity contribution in [2.24, 2.45) is 5.92 Å². The summed E-state index contributed by atoms with van der Waals surface area (Å²) in [6.07, 6.45) is 3.76. The number of halogens is 4. The molecule has 2 aliphatic heterocycles. The van der Waals surface area contributed by atoms with E-state index in [-0.39, 0.29) is 75.3 Å². The monoisotopic (exact) mass is 914 g/mol. The number of aromatic nitrogens is 10. The van der Waals surface area contributed by atoms with Gasteiger partial charge in [-0.25, -0.2) is 26.9 Å². The zero-order valence-electron chi connectivity index (χ0n) is 36.3. The lowest BCUT2D eigenvalue weighted by molar-refractivity contribution is -0.131. The molecule has 2 fully saturated rings. The number of benzene rings is 4. The van der Waals surface area contributed by atoms with Crippen LogP contribution in [0.1, 0.15) is 56.8 Å². The number of para-hydroxylation sites is 2. The van der Waals surface area contributed by atoms with Crippen LogP contribution >= 0.6 is 0 Å². The second kappa shape index (κ2) is 19.3. The molecule has 2 aliphatic rings. The molecule has 10 rings (SSSR count). The maximum Gasteiger partial charge on any atom is 0.280 e. The number of likely N-dealkylation sites (tertiary alicyclic amines) is 2. The highest BCUT2D eigenvalue weighted by molar-refractivity contribution is 5.74. The topological polar surface area (TPSA) is 180 Å². The van der Waals surface area contributed by atoms with Crippen LogP contribution in [0.4, 0.5) is 17.6 Å². The predicted molar refractivity (Wildman–Crippen MR) is 233 cm³/mol. The summed E-state index contributed by atoms with van der Waals surface area (Å²) in [6.45, 7) is 5.47. The summed E-state index contributed by atoms with van der Waals surface area (Å²) < 4.78 is 71.5. The lowest BCUT2D eigenvalue weighted by atomic mass is 9.92. The van der Waals surface area contributed by atoms with Gasteiger partial charge in [-0.1, -0.05) is 69.3 Å². The Hall–Kier alpha value is -7.90. The molecule has 8 aromatic rings. The maximum atomic E-state index is 14.7. The van der Waals surface area contributed by atoms with E-state index >= 15 is 0 Å². The Labute approximate surface area is 380 Å². The molecule has 2 amide bonds. The lowest BCUT2D eigenvalue weighted by Gasteiger charge is -2.32. The molecule has 0 aliphatic carbocycles. The van der Waals surface area contributed by atoms with Crippen LogP contribution in [0.3, 0.4) is 0 Å². The molecule has 0 saturated carbocycles. The first-order valence-corrected chi connectivity index (χ1v) is 21.6. The molecule has 20 heteroatoms. The van der Waals surface area contributed by atoms with Crippen molar-refractivity contribution in [3.8, 4) is 57.3 Å². The third-order valence-electron chi connectivity index (χ3n) is 11.8. The molecule has 2 atom stereocenters. The minimum absolute atomic E-state index is 0.0251. The standard InChI is InChI=1S/C24H22F2N6O2.C23H20F2N6O2/c1-15(33)31-12-6-7-16(14-31)13-21-22(28-30-32(21)20-11-5-4-10-19(20)26)24-27-23(29-34-24)17-8-2-3-9-18(17)25;1-14(32)30-12-6-7-15(13-30)21-20(27-29-31(21)19-11-5-4-10-18(19)25)23-26-22(28-33-23)16-8-2-3-9-17(16)24/h2-5,8-11,16H,6-7,12-14H2,1H3;2-5,8-11,15H,6-7,12-13H2,1H3. The molecular formula is C47H42F4N12O4. The molecule has 0 spiro atoms. The average Bonchev–Trinajstić information content (AvgIpc) is 4.18. The van der Waals surface area contributed by atoms with E-state index in [1.54, 1.807) is 84.6 Å². The molecule has 6 heterocycles. The molecule has 0 radical (unpaired) electrons. The van der Waals surface area contributed by atoms with Crippen molar-refractivity contribution < 1.29 is 36.2 Å². The van der Waals surface area contributed by atoms with Crippen molar-refractivity contribution in [1.29, 1.82) is 0 Å². The van der Waals surface area contributed by atoms with E-state index in [0.29, 0.717) is 43.1 Å². The summed E-state index contributed by atoms with van der Waals surface area (Å²) in [6, 6.07) is 24.7. The Morgan fingerprint density at radius 3 is 1.64 bits per heavy atom. The molecule has 0 N–H and O–H groups in total. The van der Waals surface area contributed by atoms with Gasteiger partial charge in [0.1, 0.15) is 34.6 Å². The first-order valence-electron chi connectivity index (χ1n) is 21.6. The first-order chi connectivity index (χ1) is 32.5. The summed E-state index contributed by atoms with van der Waals surface area (Å²) in [5.41, 5.74) is 2.59. The largest absolute Gasteiger partial charge is 0.343 e. The van der Waals surface area contributed by atoms with E-state index in [0.717, 1.165) is 32.2 Å². The number of hydrogen-bond donors (Lipinski definition) is 0. The van der Waals surface area contributed by atoms with Gasteiger partial charge >= 0.3 is 0 Å². The van der Waals surface area contributed by atoms with Gasteiger partial charge < -0.3 is 18.8 Å². The van der Waals surface area contributed by atoms with Gasteiger partial charge in [0.25, 0.3) is 11.8 Å². The predicted octanol–water partition coefficient (Wildman–Crippen LogP) is 8.05. The number of carbonyl (C=O) groups excluding carboxylic acids is 2. The van der Waals surface area contributed by atoms with E-state index in [2.05, 4.69) is 40.9 Å². The van der Waals surface area contributed by atoms with Crippen LogP contribution in [-0.2, 0) is 16.0 Å². The van der Waals surface area contributed by atoms with Crippen molar-refractivity contribution in [1.82, 2.24) is 60.1 Å². The number of hydrogen-bond acceptors (Lipinski definition) is 12. The number of rotatable bonds is 9. The van der Waals surface area contributed by atoms with Crippen LogP contribution in [0.5, 0.6) is 0 Å². The molecule has 4 aromatic heterocycles. The highest BCUT2D eigenvalue weighted by Crippen LogP contribution is 2.36. The number of nitrogens with zero attached hydrogens (tertiary/aromatic N) is 12. The average molecular weight is 915 g/mol. The molecule has 67 heavy (non-hydrogen) atoms. The number of piperidine rings is 2. The van der Waals surface area contributed by atoms with E-state index in [4.69, 9.17) is 9.05 Å². The van der Waals surface area contributed by atoms with Gasteiger partial charge in [-0.15, -0.1) is 10.2 Å². The maximum absolute atomic E-state index is 14.7. The minimum Gasteiger partial charge on any atom is -0.343 e. The Kier molecular flexibility index (Phi) is 12.8. The normalized spacial score (nSPS) is 16.1. The molecule has 2 unspecified atom stereocenters. The van der Waals surface area contributed by atoms with Gasteiger partial charge in [0.05, 0.1) is 22.5 Å². The van der Waals surface area contributed by atoms with Gasteiger partial charge in [0.2, 0.25) is 23.5 Å². The Balaban J connectivity index is 0.000000168. The number of amides is 2. The highest BCUT2D eigenvalue weighted by Gasteiger charge is 2.33. The SMILES string of the molecule is CC(=O)N1CCCC(Cc2c(-c3nc(-c4ccccc4F)no3)nnn2-c2ccccc2F)C1.CC(=O)N1CCCC(c2c(-c3nc(-c4ccccc4F)no3)nnn2-c2ccccc2F)C1. The Bertz CT molecular complexity index is 3060. The minimum atomic E-state index is -0.482. The second-order valence-electron chi connectivity index (χ2n) is 16.2. The fourth-order valence-corrected chi connectivity index (χ4v) is 8.50. The molecule has 4 aromatic carbocycles. The summed E-state index contributed by atoms with van der Waals surface area (Å²) >= 11 is 0.